The second kappa shape index (κ2) is 31.7. The average Bonchev–Trinajstić information content (AvgIpc) is 2.74. The van der Waals surface area contributed by atoms with Gasteiger partial charge in [-0.25, -0.2) is 0 Å². The second-order valence-electron chi connectivity index (χ2n) is 6.75. The van der Waals surface area contributed by atoms with E-state index in [1.165, 1.54) is 59.9 Å². The van der Waals surface area contributed by atoms with Crippen LogP contribution in [0.15, 0.2) is 30.3 Å². The van der Waals surface area contributed by atoms with Crippen LogP contribution in [0.4, 0.5) is 0 Å². The van der Waals surface area contributed by atoms with Gasteiger partial charge >= 0.3 is 67.9 Å². The van der Waals surface area contributed by atoms with Crippen molar-refractivity contribution in [2.24, 2.45) is 0 Å². The fraction of sp³-hybridized carbons (Fsp3) is 0.750. The van der Waals surface area contributed by atoms with E-state index in [1.54, 1.807) is 0 Å². The van der Waals surface area contributed by atoms with E-state index in [9.17, 15) is 0 Å². The Bertz CT molecular complexity index is 323. The van der Waals surface area contributed by atoms with E-state index in [0.717, 1.165) is 0 Å². The van der Waals surface area contributed by atoms with Crippen molar-refractivity contribution < 1.29 is 17.1 Å². The van der Waals surface area contributed by atoms with Gasteiger partial charge in [0, 0.05) is 0 Å². The van der Waals surface area contributed by atoms with Crippen LogP contribution in [0.5, 0.6) is 0 Å². The summed E-state index contributed by atoms with van der Waals surface area (Å²) in [6, 6.07) is 10.1. The quantitative estimate of drug-likeness (QED) is 0.214. The molecule has 0 heterocycles. The van der Waals surface area contributed by atoms with Crippen molar-refractivity contribution in [3.8, 4) is 0 Å². The average molecular weight is 577 g/mol. The molecule has 0 aliphatic rings. The fourth-order valence-corrected chi connectivity index (χ4v) is 7.50. The molecule has 0 aliphatic heterocycles. The molecule has 0 fully saturated rings. The van der Waals surface area contributed by atoms with Gasteiger partial charge in [0.15, 0.2) is 0 Å². The van der Waals surface area contributed by atoms with Crippen molar-refractivity contribution in [2.75, 3.05) is 55.5 Å². The third kappa shape index (κ3) is 29.5. The van der Waals surface area contributed by atoms with Crippen LogP contribution in [0.1, 0.15) is 62.3 Å². The first-order chi connectivity index (χ1) is 13.4. The predicted molar refractivity (Wildman–Crippen MR) is 152 cm³/mol. The van der Waals surface area contributed by atoms with Gasteiger partial charge in [-0.15, -0.1) is 0 Å². The molecule has 0 radical (unpaired) electrons. The van der Waals surface area contributed by atoms with Crippen molar-refractivity contribution >= 4 is 44.2 Å². The van der Waals surface area contributed by atoms with Crippen LogP contribution in [-0.2, 0) is 17.1 Å². The number of hydrogen-bond donors (Lipinski definition) is 0. The molecule has 0 aromatic heterocycles. The Hall–Kier alpha value is 1.55. The van der Waals surface area contributed by atoms with E-state index in [-0.39, 0.29) is 40.8 Å². The Balaban J connectivity index is -0.000000142. The van der Waals surface area contributed by atoms with E-state index < -0.39 is 0 Å². The van der Waals surface area contributed by atoms with Crippen LogP contribution < -0.4 is 4.46 Å². The summed E-state index contributed by atoms with van der Waals surface area (Å²) in [4.78, 5) is 0. The van der Waals surface area contributed by atoms with Crippen molar-refractivity contribution in [3.63, 3.8) is 0 Å². The Labute approximate surface area is 208 Å². The van der Waals surface area contributed by atoms with E-state index in [0.29, 0.717) is 0 Å². The maximum atomic E-state index is 2.90. The summed E-state index contributed by atoms with van der Waals surface area (Å²) in [5.74, 6) is 0. The van der Waals surface area contributed by atoms with Crippen molar-refractivity contribution in [3.05, 3.63) is 30.3 Å². The number of rotatable bonds is 9. The van der Waals surface area contributed by atoms with Gasteiger partial charge in [0.05, 0.1) is 55.5 Å². The van der Waals surface area contributed by atoms with Crippen molar-refractivity contribution in [1.82, 2.24) is 0 Å². The second-order valence-corrected chi connectivity index (χ2v) is 18.6. The van der Waals surface area contributed by atoms with E-state index in [2.05, 4.69) is 78.3 Å². The first-order valence-corrected chi connectivity index (χ1v) is 18.9. The molecule has 5 heteroatoms. The molecule has 0 spiro atoms. The Kier molecular flexibility index (Phi) is 41.4. The van der Waals surface area contributed by atoms with Crippen LogP contribution in [0.2, 0.25) is 0 Å². The number of hydrogen-bond acceptors (Lipinski definition) is 0. The number of benzene rings is 1. The van der Waals surface area contributed by atoms with Gasteiger partial charge in [0.25, 0.3) is 0 Å². The summed E-state index contributed by atoms with van der Waals surface area (Å²) in [7, 11) is 0.412. The van der Waals surface area contributed by atoms with Crippen LogP contribution >= 0.6 is 23.8 Å². The zero-order valence-electron chi connectivity index (χ0n) is 21.0. The zero-order chi connectivity index (χ0) is 22.2. The molecule has 1 aromatic carbocycles. The minimum absolute atomic E-state index is 0. The molecule has 0 N–H and O–H groups in total. The molecule has 1 aromatic rings. The third-order valence-electron chi connectivity index (χ3n) is 5.24. The van der Waals surface area contributed by atoms with Gasteiger partial charge in [-0.3, -0.25) is 0 Å². The van der Waals surface area contributed by atoms with E-state index in [1.807, 2.05) is 30.3 Å². The van der Waals surface area contributed by atoms with Gasteiger partial charge in [-0.1, -0.05) is 0 Å². The molecule has 0 unspecified atom stereocenters. The summed E-state index contributed by atoms with van der Waals surface area (Å²) >= 11 is 2.90. The molecule has 0 nitrogen and oxygen atoms in total. The molecule has 0 amide bonds. The van der Waals surface area contributed by atoms with Gasteiger partial charge < -0.3 is 0 Å². The molecular weight excluding hydrogens is 524 g/mol. The molecule has 29 heavy (non-hydrogen) atoms. The normalized spacial score (nSPS) is 9.52. The van der Waals surface area contributed by atoms with Gasteiger partial charge in [-0.05, 0) is 86.1 Å². The van der Waals surface area contributed by atoms with Gasteiger partial charge in [0.1, 0.15) is 0 Å². The SMILES string of the molecule is CC[PH+](CC)CC.CC[PH+](CC)CC.CC[PH+](CC)CC.[Cu+].[Se-]c1ccccc1. The van der Waals surface area contributed by atoms with Crippen LogP contribution in [0.3, 0.4) is 0 Å². The van der Waals surface area contributed by atoms with Crippen molar-refractivity contribution in [2.45, 2.75) is 62.3 Å². The minimum atomic E-state index is 0. The van der Waals surface area contributed by atoms with E-state index in [4.69, 9.17) is 0 Å². The summed E-state index contributed by atoms with van der Waals surface area (Å²) < 4.78 is 1.20. The van der Waals surface area contributed by atoms with Crippen LogP contribution in [0, 0.1) is 0 Å². The van der Waals surface area contributed by atoms with Gasteiger partial charge in [0.2, 0.25) is 0 Å². The molecule has 0 bridgehead atoms. The molecule has 0 atom stereocenters. The molecule has 1 rings (SSSR count). The Morgan fingerprint density at radius 1 is 0.483 bits per heavy atom. The molecule has 0 aliphatic carbocycles. The summed E-state index contributed by atoms with van der Waals surface area (Å²) in [5.41, 5.74) is 0. The summed E-state index contributed by atoms with van der Waals surface area (Å²) in [6.45, 7) is 20.8. The predicted octanol–water partition coefficient (Wildman–Crippen LogP) is 7.26. The van der Waals surface area contributed by atoms with E-state index >= 15 is 0 Å². The monoisotopic (exact) mass is 577 g/mol. The van der Waals surface area contributed by atoms with Gasteiger partial charge in [-0.2, -0.15) is 0 Å². The fourth-order valence-electron chi connectivity index (χ4n) is 2.67. The molecule has 0 saturated carbocycles. The summed E-state index contributed by atoms with van der Waals surface area (Å²) in [6.07, 6.45) is 13.1. The van der Waals surface area contributed by atoms with Crippen LogP contribution in [0.25, 0.3) is 0 Å². The summed E-state index contributed by atoms with van der Waals surface area (Å²) in [5, 5.41) is 0. The van der Waals surface area contributed by atoms with Crippen LogP contribution in [-0.4, -0.2) is 71.5 Å². The Morgan fingerprint density at radius 3 is 0.759 bits per heavy atom. The zero-order valence-corrected chi connectivity index (χ0v) is 26.6. The topological polar surface area (TPSA) is 0 Å². The van der Waals surface area contributed by atoms with Crippen molar-refractivity contribution in [1.29, 1.82) is 0 Å². The molecular formula is C24H53CuP3Se+3. The molecule has 0 saturated heterocycles. The molecule has 178 valence electrons. The third-order valence-corrected chi connectivity index (χ3v) is 14.8. The Morgan fingerprint density at radius 2 is 0.690 bits per heavy atom. The first kappa shape index (κ1) is 37.8. The maximum absolute atomic E-state index is 2.90. The standard InChI is InChI=1S/3C6H15P.C6H6Se.Cu/c3*1-4-7(5-2)6-3;7-6-4-2-1-3-5-6;/h3*4-6H2,1-3H3;1-5,7H;/q;;;;+1/p+2. The first-order valence-electron chi connectivity index (χ1n) is 11.7.